The van der Waals surface area contributed by atoms with E-state index < -0.39 is 0 Å². The zero-order valence-corrected chi connectivity index (χ0v) is 10.7. The number of nitrogens with zero attached hydrogens (tertiary/aromatic N) is 3. The summed E-state index contributed by atoms with van der Waals surface area (Å²) in [6.45, 7) is 1.72. The Kier molecular flexibility index (Phi) is 3.30. The first kappa shape index (κ1) is 11.9. The van der Waals surface area contributed by atoms with Gasteiger partial charge in [0.05, 0.1) is 0 Å². The van der Waals surface area contributed by atoms with Gasteiger partial charge in [0.15, 0.2) is 0 Å². The maximum atomic E-state index is 8.83. The number of aromatic nitrogens is 2. The van der Waals surface area contributed by atoms with Gasteiger partial charge in [0, 0.05) is 37.7 Å². The Morgan fingerprint density at radius 3 is 3.05 bits per heavy atom. The number of rotatable bonds is 5. The van der Waals surface area contributed by atoms with Crippen LogP contribution in [0.3, 0.4) is 0 Å². The average molecular weight is 252 g/mol. The Morgan fingerprint density at radius 1 is 1.37 bits per heavy atom. The molecule has 0 radical (unpaired) electrons. The quantitative estimate of drug-likeness (QED) is 0.886. The summed E-state index contributed by atoms with van der Waals surface area (Å²) in [5, 5.41) is 12.3. The smallest absolute Gasteiger partial charge is 0.140 e. The molecule has 0 unspecified atom stereocenters. The van der Waals surface area contributed by atoms with Gasteiger partial charge in [-0.15, -0.1) is 0 Å². The summed E-state index contributed by atoms with van der Waals surface area (Å²) in [6.07, 6.45) is 8.55. The van der Waals surface area contributed by atoms with Crippen LogP contribution in [0, 0.1) is 11.3 Å². The van der Waals surface area contributed by atoms with Gasteiger partial charge in [-0.25, -0.2) is 4.98 Å². The Labute approximate surface area is 112 Å². The third kappa shape index (κ3) is 3.21. The van der Waals surface area contributed by atoms with Crippen molar-refractivity contribution >= 4 is 0 Å². The molecule has 1 N–H and O–H groups in total. The van der Waals surface area contributed by atoms with Crippen LogP contribution in [-0.4, -0.2) is 15.6 Å². The SMILES string of the molecule is N#Cc1cc(Cn2ccc(CNC3CC3)c2)ccn1. The van der Waals surface area contributed by atoms with Crippen molar-refractivity contribution < 1.29 is 0 Å². The molecule has 2 heterocycles. The van der Waals surface area contributed by atoms with Gasteiger partial charge in [0.25, 0.3) is 0 Å². The number of nitrogens with one attached hydrogen (secondary N) is 1. The molecule has 96 valence electrons. The Bertz CT molecular complexity index is 605. The first-order valence-corrected chi connectivity index (χ1v) is 6.56. The van der Waals surface area contributed by atoms with Crippen LogP contribution in [0.2, 0.25) is 0 Å². The summed E-state index contributed by atoms with van der Waals surface area (Å²) >= 11 is 0. The molecule has 2 aromatic heterocycles. The highest BCUT2D eigenvalue weighted by Gasteiger charge is 2.19. The Morgan fingerprint density at radius 2 is 2.26 bits per heavy atom. The lowest BCUT2D eigenvalue weighted by molar-refractivity contribution is 0.685. The van der Waals surface area contributed by atoms with Crippen LogP contribution in [0.15, 0.2) is 36.8 Å². The van der Waals surface area contributed by atoms with Crippen molar-refractivity contribution in [1.29, 1.82) is 5.26 Å². The molecule has 3 rings (SSSR count). The molecule has 0 atom stereocenters. The highest BCUT2D eigenvalue weighted by Crippen LogP contribution is 2.19. The minimum Gasteiger partial charge on any atom is -0.350 e. The van der Waals surface area contributed by atoms with Crippen LogP contribution < -0.4 is 5.32 Å². The minimum atomic E-state index is 0.472. The molecule has 1 saturated carbocycles. The summed E-state index contributed by atoms with van der Waals surface area (Å²) in [7, 11) is 0. The summed E-state index contributed by atoms with van der Waals surface area (Å²) < 4.78 is 2.14. The Hall–Kier alpha value is -2.12. The van der Waals surface area contributed by atoms with E-state index in [1.54, 1.807) is 6.20 Å². The first-order chi connectivity index (χ1) is 9.33. The molecule has 0 spiro atoms. The molecule has 1 fully saturated rings. The van der Waals surface area contributed by atoms with Crippen LogP contribution in [0.4, 0.5) is 0 Å². The van der Waals surface area contributed by atoms with Crippen molar-refractivity contribution in [3.8, 4) is 6.07 Å². The number of hydrogen-bond donors (Lipinski definition) is 1. The van der Waals surface area contributed by atoms with E-state index in [1.807, 2.05) is 12.1 Å². The topological polar surface area (TPSA) is 53.6 Å². The van der Waals surface area contributed by atoms with E-state index in [0.29, 0.717) is 5.69 Å². The molecule has 0 aliphatic heterocycles. The zero-order chi connectivity index (χ0) is 13.1. The van der Waals surface area contributed by atoms with Crippen LogP contribution in [-0.2, 0) is 13.1 Å². The molecule has 4 nitrogen and oxygen atoms in total. The van der Waals surface area contributed by atoms with Gasteiger partial charge in [0.1, 0.15) is 11.8 Å². The molecule has 0 bridgehead atoms. The van der Waals surface area contributed by atoms with E-state index in [-0.39, 0.29) is 0 Å². The molecule has 0 amide bonds. The predicted octanol–water partition coefficient (Wildman–Crippen LogP) is 2.06. The van der Waals surface area contributed by atoms with Gasteiger partial charge in [-0.2, -0.15) is 5.26 Å². The van der Waals surface area contributed by atoms with Crippen LogP contribution in [0.25, 0.3) is 0 Å². The van der Waals surface area contributed by atoms with Gasteiger partial charge in [-0.1, -0.05) is 0 Å². The van der Waals surface area contributed by atoms with E-state index in [0.717, 1.165) is 24.7 Å². The average Bonchev–Trinajstić information content (AvgIpc) is 3.17. The predicted molar refractivity (Wildman–Crippen MR) is 72.3 cm³/mol. The lowest BCUT2D eigenvalue weighted by atomic mass is 10.2. The van der Waals surface area contributed by atoms with Crippen molar-refractivity contribution in [1.82, 2.24) is 14.9 Å². The van der Waals surface area contributed by atoms with Crippen molar-refractivity contribution in [2.45, 2.75) is 32.0 Å². The van der Waals surface area contributed by atoms with Crippen LogP contribution in [0.5, 0.6) is 0 Å². The second-order valence-electron chi connectivity index (χ2n) is 5.01. The monoisotopic (exact) mass is 252 g/mol. The molecule has 19 heavy (non-hydrogen) atoms. The maximum absolute atomic E-state index is 8.83. The van der Waals surface area contributed by atoms with Gasteiger partial charge in [0.2, 0.25) is 0 Å². The summed E-state index contributed by atoms with van der Waals surface area (Å²) in [4.78, 5) is 3.98. The van der Waals surface area contributed by atoms with Crippen LogP contribution >= 0.6 is 0 Å². The molecule has 2 aromatic rings. The largest absolute Gasteiger partial charge is 0.350 e. The second kappa shape index (κ2) is 5.25. The fourth-order valence-electron chi connectivity index (χ4n) is 2.09. The minimum absolute atomic E-state index is 0.472. The van der Waals surface area contributed by atoms with Crippen molar-refractivity contribution in [3.63, 3.8) is 0 Å². The zero-order valence-electron chi connectivity index (χ0n) is 10.7. The fraction of sp³-hybridized carbons (Fsp3) is 0.333. The number of pyridine rings is 1. The van der Waals surface area contributed by atoms with Crippen LogP contribution in [0.1, 0.15) is 29.7 Å². The van der Waals surface area contributed by atoms with E-state index in [4.69, 9.17) is 5.26 Å². The molecule has 1 aliphatic carbocycles. The van der Waals surface area contributed by atoms with Gasteiger partial charge < -0.3 is 9.88 Å². The standard InChI is InChI=1S/C15H16N4/c16-8-15-7-12(3-5-17-15)10-19-6-4-13(11-19)9-18-14-1-2-14/h3-7,11,14,18H,1-2,9-10H2. The highest BCUT2D eigenvalue weighted by atomic mass is 15.0. The summed E-state index contributed by atoms with van der Waals surface area (Å²) in [5.41, 5.74) is 2.88. The lowest BCUT2D eigenvalue weighted by Crippen LogP contribution is -2.14. The van der Waals surface area contributed by atoms with Gasteiger partial charge in [-0.05, 0) is 42.2 Å². The second-order valence-corrected chi connectivity index (χ2v) is 5.01. The van der Waals surface area contributed by atoms with E-state index >= 15 is 0 Å². The summed E-state index contributed by atoms with van der Waals surface area (Å²) in [5.74, 6) is 0. The molecule has 4 heteroatoms. The number of hydrogen-bond acceptors (Lipinski definition) is 3. The third-order valence-corrected chi connectivity index (χ3v) is 3.29. The van der Waals surface area contributed by atoms with Gasteiger partial charge >= 0.3 is 0 Å². The molecular weight excluding hydrogens is 236 g/mol. The van der Waals surface area contributed by atoms with E-state index in [2.05, 4.69) is 39.4 Å². The lowest BCUT2D eigenvalue weighted by Gasteiger charge is -2.03. The van der Waals surface area contributed by atoms with Gasteiger partial charge in [-0.3, -0.25) is 0 Å². The number of nitriles is 1. The van der Waals surface area contributed by atoms with E-state index in [9.17, 15) is 0 Å². The molecule has 0 saturated heterocycles. The van der Waals surface area contributed by atoms with E-state index in [1.165, 1.54) is 18.4 Å². The summed E-state index contributed by atoms with van der Waals surface area (Å²) in [6, 6.07) is 8.73. The van der Waals surface area contributed by atoms with Crippen molar-refractivity contribution in [2.24, 2.45) is 0 Å². The maximum Gasteiger partial charge on any atom is 0.140 e. The van der Waals surface area contributed by atoms with Crippen molar-refractivity contribution in [2.75, 3.05) is 0 Å². The normalized spacial score (nSPS) is 14.3. The van der Waals surface area contributed by atoms with Crippen molar-refractivity contribution in [3.05, 3.63) is 53.6 Å². The molecule has 0 aromatic carbocycles. The fourth-order valence-corrected chi connectivity index (χ4v) is 2.09. The first-order valence-electron chi connectivity index (χ1n) is 6.56. The third-order valence-electron chi connectivity index (χ3n) is 3.29. The molecular formula is C15H16N4. The Balaban J connectivity index is 1.63. The highest BCUT2D eigenvalue weighted by molar-refractivity contribution is 5.26. The molecule has 1 aliphatic rings.